The van der Waals surface area contributed by atoms with Crippen LogP contribution in [0.2, 0.25) is 0 Å². The highest BCUT2D eigenvalue weighted by Gasteiger charge is 2.20. The highest BCUT2D eigenvalue weighted by atomic mass is 79.9. The van der Waals surface area contributed by atoms with Crippen LogP contribution >= 0.6 is 28.3 Å². The van der Waals surface area contributed by atoms with Crippen molar-refractivity contribution in [2.75, 3.05) is 5.32 Å². The molecule has 0 spiro atoms. The number of nitrogens with one attached hydrogen (secondary N) is 1. The van der Waals surface area contributed by atoms with Crippen LogP contribution in [0.3, 0.4) is 0 Å². The lowest BCUT2D eigenvalue weighted by Gasteiger charge is -2.15. The lowest BCUT2D eigenvalue weighted by atomic mass is 10.1. The first-order valence-corrected chi connectivity index (χ1v) is 7.45. The predicted molar refractivity (Wildman–Crippen MR) is 91.8 cm³/mol. The number of nitrogens with two attached hydrogens (primary N) is 1. The van der Waals surface area contributed by atoms with Crippen molar-refractivity contribution >= 4 is 51.2 Å². The van der Waals surface area contributed by atoms with Gasteiger partial charge in [-0.2, -0.15) is 0 Å². The maximum atomic E-state index is 12.1. The molecule has 0 aliphatic heterocycles. The fraction of sp³-hybridized carbons (Fsp3) is 0.429. The summed E-state index contributed by atoms with van der Waals surface area (Å²) in [6.07, 6.45) is 0. The Balaban J connectivity index is 0.00000220. The Morgan fingerprint density at radius 1 is 1.48 bits per heavy atom. The Hall–Kier alpha value is -1.11. The Bertz CT molecular complexity index is 641. The van der Waals surface area contributed by atoms with Crippen LogP contribution in [0.15, 0.2) is 22.7 Å². The molecule has 2 rings (SSSR count). The van der Waals surface area contributed by atoms with E-state index in [0.29, 0.717) is 5.95 Å². The monoisotopic (exact) mass is 374 g/mol. The number of carbonyl (C=O) groups excluding carboxylic acids is 1. The van der Waals surface area contributed by atoms with Gasteiger partial charge < -0.3 is 10.3 Å². The number of hydrogen-bond donors (Lipinski definition) is 2. The number of imidazole rings is 1. The maximum Gasteiger partial charge on any atom is 0.243 e. The smallest absolute Gasteiger partial charge is 0.243 e. The number of anilines is 1. The van der Waals surface area contributed by atoms with Crippen LogP contribution in [0.4, 0.5) is 5.95 Å². The van der Waals surface area contributed by atoms with Gasteiger partial charge in [0.15, 0.2) is 0 Å². The summed E-state index contributed by atoms with van der Waals surface area (Å²) >= 11 is 3.42. The lowest BCUT2D eigenvalue weighted by molar-refractivity contribution is -0.118. The number of carbonyl (C=O) groups is 1. The van der Waals surface area contributed by atoms with Crippen molar-refractivity contribution in [3.8, 4) is 0 Å². The minimum atomic E-state index is -0.535. The zero-order valence-corrected chi connectivity index (χ0v) is 14.7. The molecule has 1 heterocycles. The fourth-order valence-electron chi connectivity index (χ4n) is 2.01. The molecule has 2 aromatic rings. The molecule has 1 aromatic heterocycles. The number of halogens is 2. The molecular formula is C14H20BrClN4O. The van der Waals surface area contributed by atoms with Gasteiger partial charge in [-0.25, -0.2) is 4.98 Å². The summed E-state index contributed by atoms with van der Waals surface area (Å²) in [5.74, 6) is 0.425. The van der Waals surface area contributed by atoms with Gasteiger partial charge in [-0.15, -0.1) is 12.4 Å². The average Bonchev–Trinajstić information content (AvgIpc) is 2.73. The molecule has 1 amide bonds. The van der Waals surface area contributed by atoms with Crippen LogP contribution in [-0.4, -0.2) is 21.5 Å². The van der Waals surface area contributed by atoms with Gasteiger partial charge in [0, 0.05) is 11.0 Å². The van der Waals surface area contributed by atoms with E-state index >= 15 is 0 Å². The van der Waals surface area contributed by atoms with Crippen LogP contribution < -0.4 is 11.1 Å². The summed E-state index contributed by atoms with van der Waals surface area (Å²) in [6.45, 7) is 6.58. The molecule has 116 valence electrons. The molecule has 0 saturated heterocycles. The highest BCUT2D eigenvalue weighted by Crippen LogP contribution is 2.23. The molecule has 5 nitrogen and oxygen atoms in total. The second-order valence-electron chi connectivity index (χ2n) is 5.07. The second-order valence-corrected chi connectivity index (χ2v) is 5.99. The van der Waals surface area contributed by atoms with Crippen LogP contribution in [0.5, 0.6) is 0 Å². The molecule has 1 atom stereocenters. The molecular weight excluding hydrogens is 356 g/mol. The van der Waals surface area contributed by atoms with Gasteiger partial charge in [-0.3, -0.25) is 10.1 Å². The number of benzene rings is 1. The van der Waals surface area contributed by atoms with Gasteiger partial charge in [0.2, 0.25) is 11.9 Å². The topological polar surface area (TPSA) is 72.9 Å². The number of hydrogen-bond acceptors (Lipinski definition) is 3. The van der Waals surface area contributed by atoms with E-state index in [2.05, 4.69) is 26.2 Å². The molecule has 7 heteroatoms. The van der Waals surface area contributed by atoms with E-state index in [1.54, 1.807) is 0 Å². The number of nitrogens with zero attached hydrogens (tertiary/aromatic N) is 2. The van der Waals surface area contributed by atoms with E-state index in [4.69, 9.17) is 5.73 Å². The molecule has 0 aliphatic carbocycles. The third-order valence-electron chi connectivity index (χ3n) is 3.28. The van der Waals surface area contributed by atoms with E-state index in [1.807, 2.05) is 43.5 Å². The Kier molecular flexibility index (Phi) is 6.19. The third-order valence-corrected chi connectivity index (χ3v) is 3.78. The van der Waals surface area contributed by atoms with Crippen molar-refractivity contribution in [2.24, 2.45) is 11.7 Å². The minimum Gasteiger partial charge on any atom is -0.320 e. The fourth-order valence-corrected chi connectivity index (χ4v) is 2.36. The van der Waals surface area contributed by atoms with Gasteiger partial charge in [-0.05, 0) is 31.0 Å². The quantitative estimate of drug-likeness (QED) is 0.862. The minimum absolute atomic E-state index is 0. The Morgan fingerprint density at radius 3 is 2.71 bits per heavy atom. The van der Waals surface area contributed by atoms with Crippen molar-refractivity contribution in [3.05, 3.63) is 22.7 Å². The number of amides is 1. The van der Waals surface area contributed by atoms with Crippen molar-refractivity contribution in [3.63, 3.8) is 0 Å². The van der Waals surface area contributed by atoms with Gasteiger partial charge >= 0.3 is 0 Å². The molecule has 0 bridgehead atoms. The summed E-state index contributed by atoms with van der Waals surface area (Å²) in [4.78, 5) is 16.5. The van der Waals surface area contributed by atoms with Crippen molar-refractivity contribution in [1.82, 2.24) is 9.55 Å². The molecule has 0 radical (unpaired) electrons. The van der Waals surface area contributed by atoms with E-state index in [1.165, 1.54) is 0 Å². The molecule has 0 fully saturated rings. The summed E-state index contributed by atoms with van der Waals surface area (Å²) in [7, 11) is 0. The Morgan fingerprint density at radius 2 is 2.14 bits per heavy atom. The van der Waals surface area contributed by atoms with E-state index < -0.39 is 6.04 Å². The molecule has 0 unspecified atom stereocenters. The van der Waals surface area contributed by atoms with Gasteiger partial charge in [0.05, 0.1) is 17.1 Å². The normalized spacial score (nSPS) is 12.3. The number of aryl methyl sites for hydroxylation is 1. The molecule has 21 heavy (non-hydrogen) atoms. The summed E-state index contributed by atoms with van der Waals surface area (Å²) in [5.41, 5.74) is 7.69. The summed E-state index contributed by atoms with van der Waals surface area (Å²) in [6, 6.07) is 5.33. The van der Waals surface area contributed by atoms with Crippen molar-refractivity contribution in [1.29, 1.82) is 0 Å². The average molecular weight is 376 g/mol. The van der Waals surface area contributed by atoms with Gasteiger partial charge in [0.1, 0.15) is 0 Å². The molecule has 0 aliphatic rings. The first kappa shape index (κ1) is 17.9. The van der Waals surface area contributed by atoms with E-state index in [0.717, 1.165) is 22.1 Å². The van der Waals surface area contributed by atoms with Crippen molar-refractivity contribution in [2.45, 2.75) is 33.4 Å². The first-order valence-electron chi connectivity index (χ1n) is 6.66. The molecule has 3 N–H and O–H groups in total. The van der Waals surface area contributed by atoms with Gasteiger partial charge in [-0.1, -0.05) is 29.8 Å². The van der Waals surface area contributed by atoms with Crippen LogP contribution in [0.1, 0.15) is 20.8 Å². The van der Waals surface area contributed by atoms with E-state index in [-0.39, 0.29) is 24.2 Å². The summed E-state index contributed by atoms with van der Waals surface area (Å²) in [5, 5.41) is 2.82. The zero-order valence-electron chi connectivity index (χ0n) is 12.3. The third kappa shape index (κ3) is 3.75. The molecule has 1 aromatic carbocycles. The highest BCUT2D eigenvalue weighted by molar-refractivity contribution is 9.10. The first-order chi connectivity index (χ1) is 9.43. The summed E-state index contributed by atoms with van der Waals surface area (Å²) < 4.78 is 2.93. The zero-order chi connectivity index (χ0) is 14.9. The van der Waals surface area contributed by atoms with Gasteiger partial charge in [0.25, 0.3) is 0 Å². The number of aromatic nitrogens is 2. The largest absolute Gasteiger partial charge is 0.320 e. The SMILES string of the molecule is CCn1c(NC(=O)[C@@H](N)C(C)C)nc2cc(Br)ccc21.Cl. The lowest BCUT2D eigenvalue weighted by Crippen LogP contribution is -2.40. The standard InChI is InChI=1S/C14H19BrN4O.ClH/c1-4-19-11-6-5-9(15)7-10(11)17-14(19)18-13(20)12(16)8(2)3;/h5-8,12H,4,16H2,1-3H3,(H,17,18,20);1H/t12-;/m0./s1. The predicted octanol–water partition coefficient (Wildman–Crippen LogP) is 3.16. The van der Waals surface area contributed by atoms with Crippen LogP contribution in [0, 0.1) is 5.92 Å². The van der Waals surface area contributed by atoms with Crippen LogP contribution in [-0.2, 0) is 11.3 Å². The van der Waals surface area contributed by atoms with Crippen LogP contribution in [0.25, 0.3) is 11.0 Å². The second kappa shape index (κ2) is 7.24. The molecule has 0 saturated carbocycles. The van der Waals surface area contributed by atoms with Crippen molar-refractivity contribution < 1.29 is 4.79 Å². The van der Waals surface area contributed by atoms with E-state index in [9.17, 15) is 4.79 Å². The maximum absolute atomic E-state index is 12.1. The Labute approximate surface area is 138 Å². The number of rotatable bonds is 4. The number of fused-ring (bicyclic) bond motifs is 1.